The molecule has 2 aromatic rings. The fourth-order valence-electron chi connectivity index (χ4n) is 3.95. The second-order valence-corrected chi connectivity index (χ2v) is 7.67. The third kappa shape index (κ3) is 4.38. The molecular weight excluding hydrogens is 385 g/mol. The van der Waals surface area contributed by atoms with Crippen LogP contribution in [0.15, 0.2) is 42.5 Å². The zero-order chi connectivity index (χ0) is 21.1. The average Bonchev–Trinajstić information content (AvgIpc) is 2.74. The number of likely N-dealkylation sites (N-methyl/N-ethyl adjacent to an activating group) is 1. The van der Waals surface area contributed by atoms with Gasteiger partial charge < -0.3 is 20.4 Å². The lowest BCUT2D eigenvalue weighted by Gasteiger charge is -2.36. The lowest BCUT2D eigenvalue weighted by molar-refractivity contribution is -0.115. The summed E-state index contributed by atoms with van der Waals surface area (Å²) in [6.07, 6.45) is 0. The Balaban J connectivity index is 1.25. The fourth-order valence-corrected chi connectivity index (χ4v) is 3.95. The molecule has 0 aromatic heterocycles. The molecule has 30 heavy (non-hydrogen) atoms. The van der Waals surface area contributed by atoms with Crippen molar-refractivity contribution in [3.63, 3.8) is 0 Å². The number of benzene rings is 2. The van der Waals surface area contributed by atoms with E-state index in [-0.39, 0.29) is 17.6 Å². The summed E-state index contributed by atoms with van der Waals surface area (Å²) in [4.78, 5) is 30.4. The molecule has 0 radical (unpaired) electrons. The maximum atomic E-state index is 13.9. The molecule has 2 aliphatic heterocycles. The van der Waals surface area contributed by atoms with Gasteiger partial charge in [-0.2, -0.15) is 0 Å². The number of nitrogens with zero attached hydrogens (tertiary/aromatic N) is 3. The molecule has 0 atom stereocenters. The zero-order valence-corrected chi connectivity index (χ0v) is 17.0. The van der Waals surface area contributed by atoms with E-state index in [0.717, 1.165) is 38.4 Å². The third-order valence-corrected chi connectivity index (χ3v) is 5.60. The summed E-state index contributed by atoms with van der Waals surface area (Å²) < 4.78 is 13.9. The minimum Gasteiger partial charge on any atom is -0.367 e. The number of nitrogens with one attached hydrogen (secondary N) is 2. The van der Waals surface area contributed by atoms with Crippen LogP contribution in [0.3, 0.4) is 0 Å². The molecule has 8 heteroatoms. The number of amides is 2. The van der Waals surface area contributed by atoms with E-state index in [9.17, 15) is 14.0 Å². The van der Waals surface area contributed by atoms with Crippen molar-refractivity contribution in [2.75, 3.05) is 68.0 Å². The standard InChI is InChI=1S/C22H26FN5O2/c1-26-15-21(29)25-18-14-16(6-7-20(18)26)22(30)24-8-9-27-10-12-28(13-11-27)19-5-3-2-4-17(19)23/h2-7,14H,8-13,15H2,1H3,(H,24,30)(H,25,29). The van der Waals surface area contributed by atoms with E-state index in [0.29, 0.717) is 30.0 Å². The Bertz CT molecular complexity index is 943. The van der Waals surface area contributed by atoms with Gasteiger partial charge in [0.15, 0.2) is 0 Å². The van der Waals surface area contributed by atoms with Crippen LogP contribution in [-0.4, -0.2) is 69.6 Å². The molecule has 2 N–H and O–H groups in total. The predicted molar refractivity (Wildman–Crippen MR) is 116 cm³/mol. The van der Waals surface area contributed by atoms with Gasteiger partial charge in [-0.3, -0.25) is 14.5 Å². The van der Waals surface area contributed by atoms with Crippen molar-refractivity contribution in [2.24, 2.45) is 0 Å². The molecule has 7 nitrogen and oxygen atoms in total. The topological polar surface area (TPSA) is 67.9 Å². The molecule has 2 aromatic carbocycles. The minimum atomic E-state index is -0.189. The number of piperazine rings is 1. The Morgan fingerprint density at radius 1 is 1.10 bits per heavy atom. The van der Waals surface area contributed by atoms with Crippen molar-refractivity contribution in [1.82, 2.24) is 10.2 Å². The highest BCUT2D eigenvalue weighted by atomic mass is 19.1. The first-order chi connectivity index (χ1) is 14.5. The smallest absolute Gasteiger partial charge is 0.251 e. The van der Waals surface area contributed by atoms with Gasteiger partial charge >= 0.3 is 0 Å². The van der Waals surface area contributed by atoms with Gasteiger partial charge in [0.2, 0.25) is 5.91 Å². The van der Waals surface area contributed by atoms with E-state index < -0.39 is 0 Å². The van der Waals surface area contributed by atoms with Gasteiger partial charge in [0.25, 0.3) is 5.91 Å². The van der Waals surface area contributed by atoms with E-state index in [1.165, 1.54) is 6.07 Å². The van der Waals surface area contributed by atoms with Gasteiger partial charge in [0.1, 0.15) is 5.82 Å². The number of fused-ring (bicyclic) bond motifs is 1. The van der Waals surface area contributed by atoms with E-state index in [1.54, 1.807) is 18.2 Å². The van der Waals surface area contributed by atoms with Gasteiger partial charge in [-0.15, -0.1) is 0 Å². The quantitative estimate of drug-likeness (QED) is 0.785. The summed E-state index contributed by atoms with van der Waals surface area (Å²) in [6, 6.07) is 12.2. The molecule has 2 amide bonds. The number of hydrogen-bond donors (Lipinski definition) is 2. The summed E-state index contributed by atoms with van der Waals surface area (Å²) in [5.41, 5.74) is 2.73. The van der Waals surface area contributed by atoms with Crippen molar-refractivity contribution >= 4 is 28.9 Å². The van der Waals surface area contributed by atoms with Crippen molar-refractivity contribution in [3.05, 3.63) is 53.8 Å². The highest BCUT2D eigenvalue weighted by molar-refractivity contribution is 6.03. The number of carbonyl (C=O) groups excluding carboxylic acids is 2. The first kappa shape index (κ1) is 20.2. The van der Waals surface area contributed by atoms with Crippen LogP contribution in [0.2, 0.25) is 0 Å². The molecule has 0 aliphatic carbocycles. The normalized spacial score (nSPS) is 16.8. The zero-order valence-electron chi connectivity index (χ0n) is 17.0. The highest BCUT2D eigenvalue weighted by Crippen LogP contribution is 2.29. The van der Waals surface area contributed by atoms with Crippen LogP contribution in [-0.2, 0) is 4.79 Å². The Kier molecular flexibility index (Phi) is 5.85. The summed E-state index contributed by atoms with van der Waals surface area (Å²) in [6.45, 7) is 4.73. The number of carbonyl (C=O) groups is 2. The maximum absolute atomic E-state index is 13.9. The predicted octanol–water partition coefficient (Wildman–Crippen LogP) is 1.77. The van der Waals surface area contributed by atoms with Crippen LogP contribution in [0.4, 0.5) is 21.5 Å². The third-order valence-electron chi connectivity index (χ3n) is 5.60. The first-order valence-electron chi connectivity index (χ1n) is 10.2. The highest BCUT2D eigenvalue weighted by Gasteiger charge is 2.21. The Labute approximate surface area is 175 Å². The Morgan fingerprint density at radius 2 is 1.87 bits per heavy atom. The monoisotopic (exact) mass is 411 g/mol. The second kappa shape index (κ2) is 8.71. The van der Waals surface area contributed by atoms with Gasteiger partial charge in [0.05, 0.1) is 23.6 Å². The van der Waals surface area contributed by atoms with Gasteiger partial charge in [-0.25, -0.2) is 4.39 Å². The molecule has 0 saturated carbocycles. The minimum absolute atomic E-state index is 0.0860. The Morgan fingerprint density at radius 3 is 2.63 bits per heavy atom. The molecule has 1 saturated heterocycles. The molecule has 1 fully saturated rings. The van der Waals surface area contributed by atoms with Crippen LogP contribution >= 0.6 is 0 Å². The number of anilines is 3. The lowest BCUT2D eigenvalue weighted by Crippen LogP contribution is -2.48. The van der Waals surface area contributed by atoms with E-state index >= 15 is 0 Å². The number of para-hydroxylation sites is 1. The molecule has 158 valence electrons. The van der Waals surface area contributed by atoms with Gasteiger partial charge in [-0.1, -0.05) is 12.1 Å². The first-order valence-corrected chi connectivity index (χ1v) is 10.2. The van der Waals surface area contributed by atoms with Crippen molar-refractivity contribution in [1.29, 1.82) is 0 Å². The Hall–Kier alpha value is -3.13. The van der Waals surface area contributed by atoms with E-state index in [4.69, 9.17) is 0 Å². The lowest BCUT2D eigenvalue weighted by atomic mass is 10.1. The number of hydrogen-bond acceptors (Lipinski definition) is 5. The largest absolute Gasteiger partial charge is 0.367 e. The molecule has 0 unspecified atom stereocenters. The summed E-state index contributed by atoms with van der Waals surface area (Å²) in [5.74, 6) is -0.437. The van der Waals surface area contributed by atoms with Crippen LogP contribution in [0.5, 0.6) is 0 Å². The van der Waals surface area contributed by atoms with Crippen LogP contribution in [0.25, 0.3) is 0 Å². The second-order valence-electron chi connectivity index (χ2n) is 7.67. The molecule has 2 heterocycles. The van der Waals surface area contributed by atoms with Crippen LogP contribution < -0.4 is 20.4 Å². The van der Waals surface area contributed by atoms with Crippen molar-refractivity contribution < 1.29 is 14.0 Å². The molecular formula is C22H26FN5O2. The van der Waals surface area contributed by atoms with E-state index in [2.05, 4.69) is 20.4 Å². The molecule has 2 aliphatic rings. The van der Waals surface area contributed by atoms with Crippen LogP contribution in [0.1, 0.15) is 10.4 Å². The summed E-state index contributed by atoms with van der Waals surface area (Å²) in [5, 5.41) is 5.76. The molecule has 0 bridgehead atoms. The molecule has 4 rings (SSSR count). The van der Waals surface area contributed by atoms with Gasteiger partial charge in [0, 0.05) is 51.9 Å². The molecule has 0 spiro atoms. The summed E-state index contributed by atoms with van der Waals surface area (Å²) >= 11 is 0. The fraction of sp³-hybridized carbons (Fsp3) is 0.364. The van der Waals surface area contributed by atoms with E-state index in [1.807, 2.05) is 30.1 Å². The van der Waals surface area contributed by atoms with Crippen LogP contribution in [0, 0.1) is 5.82 Å². The van der Waals surface area contributed by atoms with Crippen molar-refractivity contribution in [2.45, 2.75) is 0 Å². The summed E-state index contributed by atoms with van der Waals surface area (Å²) in [7, 11) is 1.85. The number of rotatable bonds is 5. The van der Waals surface area contributed by atoms with Crippen molar-refractivity contribution in [3.8, 4) is 0 Å². The maximum Gasteiger partial charge on any atom is 0.251 e. The number of halogens is 1. The SMILES string of the molecule is CN1CC(=O)Nc2cc(C(=O)NCCN3CCN(c4ccccc4F)CC3)ccc21. The average molecular weight is 411 g/mol. The van der Waals surface area contributed by atoms with Gasteiger partial charge in [-0.05, 0) is 30.3 Å².